The molecule has 3 aromatic rings. The zero-order chi connectivity index (χ0) is 22.0. The van der Waals surface area contributed by atoms with E-state index in [1.54, 1.807) is 6.92 Å². The molecule has 1 amide bonds. The van der Waals surface area contributed by atoms with Crippen molar-refractivity contribution in [2.75, 3.05) is 5.01 Å². The van der Waals surface area contributed by atoms with Crippen LogP contribution in [0.1, 0.15) is 18.4 Å². The van der Waals surface area contributed by atoms with Gasteiger partial charge in [-0.15, -0.1) is 11.3 Å². The molecule has 0 N–H and O–H groups in total. The molecular weight excluding hydrogens is 474 g/mol. The van der Waals surface area contributed by atoms with Crippen molar-refractivity contribution in [2.24, 2.45) is 16.9 Å². The van der Waals surface area contributed by atoms with Crippen LogP contribution in [0.4, 0.5) is 5.13 Å². The maximum Gasteiger partial charge on any atom is 0.259 e. The normalized spacial score (nSPS) is 16.7. The number of hydrogen-bond donors (Lipinski definition) is 0. The summed E-state index contributed by atoms with van der Waals surface area (Å²) in [7, 11) is 0. The molecule has 0 fully saturated rings. The van der Waals surface area contributed by atoms with E-state index in [9.17, 15) is 15.3 Å². The lowest BCUT2D eigenvalue weighted by molar-refractivity contribution is -0.120. The fraction of sp³-hybridized carbons (Fsp3) is 0.174. The molecule has 0 unspecified atom stereocenters. The van der Waals surface area contributed by atoms with E-state index in [1.807, 2.05) is 72.1 Å². The molecular formula is C23H16BrN5OS. The topological polar surface area (TPSA) is 93.1 Å². The van der Waals surface area contributed by atoms with Gasteiger partial charge in [0.15, 0.2) is 0 Å². The van der Waals surface area contributed by atoms with Crippen molar-refractivity contribution in [1.29, 1.82) is 10.5 Å². The fourth-order valence-electron chi connectivity index (χ4n) is 3.69. The largest absolute Gasteiger partial charge is 0.272 e. The zero-order valence-corrected chi connectivity index (χ0v) is 18.8. The summed E-state index contributed by atoms with van der Waals surface area (Å²) in [5.41, 5.74) is 3.02. The van der Waals surface area contributed by atoms with Crippen LogP contribution in [0.15, 0.2) is 69.6 Å². The van der Waals surface area contributed by atoms with E-state index in [2.05, 4.69) is 26.0 Å². The van der Waals surface area contributed by atoms with Crippen molar-refractivity contribution in [3.63, 3.8) is 0 Å². The molecule has 0 spiro atoms. The number of carbonyl (C=O) groups is 1. The third kappa shape index (κ3) is 4.00. The Hall–Kier alpha value is -3.33. The van der Waals surface area contributed by atoms with Gasteiger partial charge in [-0.1, -0.05) is 58.4 Å². The van der Waals surface area contributed by atoms with Crippen molar-refractivity contribution in [3.8, 4) is 23.4 Å². The molecule has 2 atom stereocenters. The number of nitriles is 2. The standard InChI is InChI=1S/C23H16BrN5OS/c1-14-20(21(17(11-25)12-26)16-5-3-2-4-6-16)22(30)29(28-14)23-27-19(13-31-23)15-7-9-18(24)10-8-15/h2-10,13,17,20-21H,1H3/t20-,21-/m0/s1. The molecule has 1 aromatic heterocycles. The molecule has 1 aliphatic heterocycles. The number of hydrogen-bond acceptors (Lipinski definition) is 6. The molecule has 0 saturated carbocycles. The van der Waals surface area contributed by atoms with Crippen molar-refractivity contribution in [3.05, 3.63) is 70.0 Å². The van der Waals surface area contributed by atoms with E-state index in [0.717, 1.165) is 21.3 Å². The maximum absolute atomic E-state index is 13.4. The average molecular weight is 490 g/mol. The predicted molar refractivity (Wildman–Crippen MR) is 123 cm³/mol. The van der Waals surface area contributed by atoms with Crippen LogP contribution in [0.25, 0.3) is 11.3 Å². The van der Waals surface area contributed by atoms with E-state index in [1.165, 1.54) is 16.3 Å². The number of anilines is 1. The Morgan fingerprint density at radius 2 is 1.77 bits per heavy atom. The third-order valence-corrected chi connectivity index (χ3v) is 6.52. The van der Waals surface area contributed by atoms with Crippen LogP contribution in [0.5, 0.6) is 0 Å². The minimum absolute atomic E-state index is 0.279. The molecule has 0 saturated heterocycles. The van der Waals surface area contributed by atoms with Gasteiger partial charge in [-0.05, 0) is 24.6 Å². The van der Waals surface area contributed by atoms with Gasteiger partial charge >= 0.3 is 0 Å². The van der Waals surface area contributed by atoms with Crippen LogP contribution in [0.3, 0.4) is 0 Å². The number of nitrogens with zero attached hydrogens (tertiary/aromatic N) is 5. The summed E-state index contributed by atoms with van der Waals surface area (Å²) in [6.07, 6.45) is 0. The summed E-state index contributed by atoms with van der Waals surface area (Å²) in [5, 5.41) is 27.2. The lowest BCUT2D eigenvalue weighted by Gasteiger charge is -2.23. The SMILES string of the molecule is CC1=NN(c2nc(-c3ccc(Br)cc3)cs2)C(=O)[C@@H]1[C@@H](c1ccccc1)C(C#N)C#N. The zero-order valence-electron chi connectivity index (χ0n) is 16.4. The smallest absolute Gasteiger partial charge is 0.259 e. The van der Waals surface area contributed by atoms with Gasteiger partial charge in [0.2, 0.25) is 5.13 Å². The quantitative estimate of drug-likeness (QED) is 0.482. The second-order valence-corrected chi connectivity index (χ2v) is 8.82. The maximum atomic E-state index is 13.4. The Bertz CT molecular complexity index is 1210. The highest BCUT2D eigenvalue weighted by atomic mass is 79.9. The first-order valence-electron chi connectivity index (χ1n) is 9.48. The van der Waals surface area contributed by atoms with Crippen molar-refractivity contribution in [1.82, 2.24) is 4.98 Å². The Morgan fingerprint density at radius 3 is 2.42 bits per heavy atom. The number of amides is 1. The monoisotopic (exact) mass is 489 g/mol. The highest BCUT2D eigenvalue weighted by molar-refractivity contribution is 9.10. The molecule has 0 bridgehead atoms. The minimum atomic E-state index is -0.976. The minimum Gasteiger partial charge on any atom is -0.272 e. The number of halogens is 1. The van der Waals surface area contributed by atoms with Gasteiger partial charge in [0.1, 0.15) is 5.92 Å². The number of thiazole rings is 1. The second-order valence-electron chi connectivity index (χ2n) is 7.06. The van der Waals surface area contributed by atoms with E-state index in [0.29, 0.717) is 10.8 Å². The van der Waals surface area contributed by atoms with E-state index in [4.69, 9.17) is 0 Å². The van der Waals surface area contributed by atoms with Crippen LogP contribution in [0, 0.1) is 34.5 Å². The van der Waals surface area contributed by atoms with Crippen LogP contribution in [-0.2, 0) is 4.79 Å². The van der Waals surface area contributed by atoms with Crippen molar-refractivity contribution >= 4 is 44.0 Å². The molecule has 31 heavy (non-hydrogen) atoms. The van der Waals surface area contributed by atoms with Crippen LogP contribution < -0.4 is 5.01 Å². The number of hydrazone groups is 1. The van der Waals surface area contributed by atoms with E-state index < -0.39 is 17.8 Å². The molecule has 4 rings (SSSR count). The molecule has 6 nitrogen and oxygen atoms in total. The number of carbonyl (C=O) groups excluding carboxylic acids is 1. The molecule has 1 aliphatic rings. The molecule has 8 heteroatoms. The Morgan fingerprint density at radius 1 is 1.10 bits per heavy atom. The lowest BCUT2D eigenvalue weighted by Crippen LogP contribution is -2.34. The lowest BCUT2D eigenvalue weighted by atomic mass is 9.76. The highest BCUT2D eigenvalue weighted by Gasteiger charge is 2.45. The van der Waals surface area contributed by atoms with E-state index in [-0.39, 0.29) is 5.91 Å². The molecule has 0 radical (unpaired) electrons. The summed E-state index contributed by atoms with van der Waals surface area (Å²) in [6, 6.07) is 21.1. The Kier molecular flexibility index (Phi) is 5.94. The summed E-state index contributed by atoms with van der Waals surface area (Å²) >= 11 is 4.75. The van der Waals surface area contributed by atoms with Gasteiger partial charge in [0, 0.05) is 27.0 Å². The summed E-state index contributed by atoms with van der Waals surface area (Å²) in [6.45, 7) is 1.76. The molecule has 0 aliphatic carbocycles. The van der Waals surface area contributed by atoms with Crippen molar-refractivity contribution < 1.29 is 4.79 Å². The van der Waals surface area contributed by atoms with Gasteiger partial charge in [0.25, 0.3) is 5.91 Å². The summed E-state index contributed by atoms with van der Waals surface area (Å²) in [4.78, 5) is 18.0. The first kappa shape index (κ1) is 20.9. The van der Waals surface area contributed by atoms with Crippen molar-refractivity contribution in [2.45, 2.75) is 12.8 Å². The fourth-order valence-corrected chi connectivity index (χ4v) is 4.74. The Balaban J connectivity index is 1.67. The van der Waals surface area contributed by atoms with Gasteiger partial charge in [0.05, 0.1) is 23.8 Å². The number of benzene rings is 2. The van der Waals surface area contributed by atoms with Gasteiger partial charge in [-0.2, -0.15) is 20.6 Å². The first-order valence-corrected chi connectivity index (χ1v) is 11.2. The van der Waals surface area contributed by atoms with E-state index >= 15 is 0 Å². The first-order chi connectivity index (χ1) is 15.0. The van der Waals surface area contributed by atoms with Crippen LogP contribution >= 0.6 is 27.3 Å². The highest BCUT2D eigenvalue weighted by Crippen LogP contribution is 2.39. The summed E-state index contributed by atoms with van der Waals surface area (Å²) in [5.74, 6) is -2.57. The number of aromatic nitrogens is 1. The summed E-state index contributed by atoms with van der Waals surface area (Å²) < 4.78 is 0.973. The Labute approximate surface area is 192 Å². The third-order valence-electron chi connectivity index (χ3n) is 5.18. The average Bonchev–Trinajstić information content (AvgIpc) is 3.38. The predicted octanol–water partition coefficient (Wildman–Crippen LogP) is 5.36. The molecule has 2 heterocycles. The van der Waals surface area contributed by atoms with Gasteiger partial charge in [-0.25, -0.2) is 4.98 Å². The van der Waals surface area contributed by atoms with Crippen LogP contribution in [0.2, 0.25) is 0 Å². The van der Waals surface area contributed by atoms with Crippen LogP contribution in [-0.4, -0.2) is 16.6 Å². The van der Waals surface area contributed by atoms with Gasteiger partial charge in [-0.3, -0.25) is 4.79 Å². The number of rotatable bonds is 5. The molecule has 2 aromatic carbocycles. The molecule has 152 valence electrons. The second kappa shape index (κ2) is 8.81. The van der Waals surface area contributed by atoms with Gasteiger partial charge < -0.3 is 0 Å².